The number of likely N-dealkylation sites (N-methyl/N-ethyl adjacent to an activating group) is 1. The Morgan fingerprint density at radius 2 is 1.11 bits per heavy atom. The number of phosphoric ester groups is 1. The van der Waals surface area contributed by atoms with Gasteiger partial charge in [0.2, 0.25) is 0 Å². The summed E-state index contributed by atoms with van der Waals surface area (Å²) in [5.41, 5.74) is 0. The SMILES string of the molecule is CC/C=C\C/C=C\C/C=C\CCCCCCCC(=O)O[C@H](CO/C=C\CCCCCC/C=C\CCCCCCCC)COP(=O)([O-])OCC[N+](C)(C)C. The Morgan fingerprint density at radius 3 is 1.68 bits per heavy atom. The lowest BCUT2D eigenvalue weighted by atomic mass is 10.1. The highest BCUT2D eigenvalue weighted by Gasteiger charge is 2.20. The van der Waals surface area contributed by atoms with Gasteiger partial charge in [-0.3, -0.25) is 9.36 Å². The maximum atomic E-state index is 12.6. The summed E-state index contributed by atoms with van der Waals surface area (Å²) in [5, 5.41) is 0. The first-order chi connectivity index (χ1) is 25.6. The molecule has 8 nitrogen and oxygen atoms in total. The summed E-state index contributed by atoms with van der Waals surface area (Å²) < 4.78 is 34.3. The lowest BCUT2D eigenvalue weighted by Gasteiger charge is -2.28. The fraction of sp³-hybridized carbons (Fsp3) is 0.750. The van der Waals surface area contributed by atoms with Crippen LogP contribution in [-0.4, -0.2) is 64.1 Å². The molecule has 0 aromatic rings. The summed E-state index contributed by atoms with van der Waals surface area (Å²) in [6.45, 7) is 4.57. The van der Waals surface area contributed by atoms with Crippen molar-refractivity contribution in [3.63, 3.8) is 0 Å². The van der Waals surface area contributed by atoms with Gasteiger partial charge >= 0.3 is 5.97 Å². The molecule has 0 bridgehead atoms. The monoisotopic (exact) mass is 766 g/mol. The van der Waals surface area contributed by atoms with Crippen LogP contribution >= 0.6 is 7.82 Å². The number of unbranched alkanes of at least 4 members (excludes halogenated alkanes) is 16. The number of hydrogen-bond donors (Lipinski definition) is 0. The second-order valence-electron chi connectivity index (χ2n) is 15.0. The summed E-state index contributed by atoms with van der Waals surface area (Å²) in [6.07, 6.45) is 46.1. The van der Waals surface area contributed by atoms with Crippen molar-refractivity contribution in [1.82, 2.24) is 0 Å². The van der Waals surface area contributed by atoms with E-state index >= 15 is 0 Å². The van der Waals surface area contributed by atoms with Gasteiger partial charge in [0.05, 0.1) is 34.0 Å². The van der Waals surface area contributed by atoms with Crippen LogP contribution < -0.4 is 4.89 Å². The molecule has 0 rings (SSSR count). The molecule has 9 heteroatoms. The van der Waals surface area contributed by atoms with Crippen molar-refractivity contribution in [1.29, 1.82) is 0 Å². The molecule has 0 radical (unpaired) electrons. The van der Waals surface area contributed by atoms with Crippen LogP contribution in [0.15, 0.2) is 60.9 Å². The highest BCUT2D eigenvalue weighted by atomic mass is 31.2. The zero-order valence-corrected chi connectivity index (χ0v) is 35.6. The number of nitrogens with zero attached hydrogens (tertiary/aromatic N) is 1. The van der Waals surface area contributed by atoms with E-state index in [-0.39, 0.29) is 32.2 Å². The number of esters is 1. The zero-order valence-electron chi connectivity index (χ0n) is 34.7. The number of quaternary nitrogens is 1. The van der Waals surface area contributed by atoms with Gasteiger partial charge in [-0.2, -0.15) is 0 Å². The highest BCUT2D eigenvalue weighted by molar-refractivity contribution is 7.45. The standard InChI is InChI=1S/C44H80NO7P/c1-6-8-10-12-14-16-18-20-22-24-26-28-30-32-34-36-39-49-41-43(42-51-53(47,48)50-40-38-45(3,4)5)52-44(46)37-35-33-31-29-27-25-23-21-19-17-15-13-11-9-7-2/h9,11,15,17,20-23,36,39,43H,6-8,10,12-14,16,18-19,24-35,37-38,40-42H2,1-5H3/b11-9-,17-15-,22-20-,23-21-,39-36-/t43-/m1/s1. The van der Waals surface area contributed by atoms with E-state index in [0.717, 1.165) is 77.0 Å². The van der Waals surface area contributed by atoms with Gasteiger partial charge in [-0.05, 0) is 83.1 Å². The van der Waals surface area contributed by atoms with Gasteiger partial charge in [0.15, 0.2) is 6.10 Å². The normalized spacial score (nSPS) is 14.4. The topological polar surface area (TPSA) is 94.1 Å². The average Bonchev–Trinajstić information content (AvgIpc) is 3.11. The number of rotatable bonds is 38. The molecule has 0 N–H and O–H groups in total. The molecule has 0 amide bonds. The molecule has 0 saturated heterocycles. The van der Waals surface area contributed by atoms with Crippen LogP contribution in [0.4, 0.5) is 0 Å². The largest absolute Gasteiger partial charge is 0.756 e. The second kappa shape index (κ2) is 37.0. The van der Waals surface area contributed by atoms with Crippen molar-refractivity contribution in [2.45, 2.75) is 168 Å². The first-order valence-corrected chi connectivity index (χ1v) is 22.5. The van der Waals surface area contributed by atoms with E-state index in [1.165, 1.54) is 64.2 Å². The van der Waals surface area contributed by atoms with E-state index in [1.54, 1.807) is 6.26 Å². The summed E-state index contributed by atoms with van der Waals surface area (Å²) in [7, 11) is 1.30. The van der Waals surface area contributed by atoms with Gasteiger partial charge in [0.25, 0.3) is 7.82 Å². The fourth-order valence-corrected chi connectivity index (χ4v) is 6.07. The number of hydrogen-bond acceptors (Lipinski definition) is 7. The number of ether oxygens (including phenoxy) is 2. The van der Waals surface area contributed by atoms with E-state index < -0.39 is 13.9 Å². The van der Waals surface area contributed by atoms with E-state index in [9.17, 15) is 14.3 Å². The molecule has 0 aliphatic carbocycles. The molecular formula is C44H80NO7P. The molecular weight excluding hydrogens is 685 g/mol. The molecule has 0 aliphatic heterocycles. The van der Waals surface area contributed by atoms with Crippen LogP contribution in [-0.2, 0) is 27.9 Å². The Bertz CT molecular complexity index is 1030. The Labute approximate surface area is 326 Å². The predicted molar refractivity (Wildman–Crippen MR) is 221 cm³/mol. The van der Waals surface area contributed by atoms with Gasteiger partial charge in [0.1, 0.15) is 19.8 Å². The van der Waals surface area contributed by atoms with Gasteiger partial charge < -0.3 is 27.9 Å². The number of carbonyl (C=O) groups excluding carboxylic acids is 1. The van der Waals surface area contributed by atoms with Crippen LogP contribution in [0.3, 0.4) is 0 Å². The van der Waals surface area contributed by atoms with E-state index in [4.69, 9.17) is 18.5 Å². The van der Waals surface area contributed by atoms with Gasteiger partial charge in [-0.15, -0.1) is 0 Å². The fourth-order valence-electron chi connectivity index (χ4n) is 5.34. The molecule has 2 atom stereocenters. The minimum absolute atomic E-state index is 0.00537. The van der Waals surface area contributed by atoms with Crippen molar-refractivity contribution in [3.8, 4) is 0 Å². The molecule has 0 aromatic carbocycles. The van der Waals surface area contributed by atoms with Crippen LogP contribution in [0.1, 0.15) is 162 Å². The average molecular weight is 766 g/mol. The van der Waals surface area contributed by atoms with Gasteiger partial charge in [-0.25, -0.2) is 0 Å². The molecule has 1 unspecified atom stereocenters. The van der Waals surface area contributed by atoms with Crippen LogP contribution in [0.2, 0.25) is 0 Å². The molecule has 0 saturated carbocycles. The summed E-state index contributed by atoms with van der Waals surface area (Å²) in [6, 6.07) is 0. The van der Waals surface area contributed by atoms with Crippen LogP contribution in [0.25, 0.3) is 0 Å². The minimum Gasteiger partial charge on any atom is -0.756 e. The first kappa shape index (κ1) is 51.0. The Hall–Kier alpha value is -1.96. The maximum absolute atomic E-state index is 12.6. The summed E-state index contributed by atoms with van der Waals surface area (Å²) >= 11 is 0. The summed E-state index contributed by atoms with van der Waals surface area (Å²) in [4.78, 5) is 25.0. The molecule has 0 aromatic heterocycles. The Morgan fingerprint density at radius 1 is 0.623 bits per heavy atom. The second-order valence-corrected chi connectivity index (χ2v) is 16.4. The van der Waals surface area contributed by atoms with E-state index in [1.807, 2.05) is 27.2 Å². The number of carbonyl (C=O) groups is 1. The number of allylic oxidation sites excluding steroid dienone is 9. The molecule has 0 aliphatic rings. The molecule has 0 heterocycles. The van der Waals surface area contributed by atoms with Crippen molar-refractivity contribution < 1.29 is 37.3 Å². The van der Waals surface area contributed by atoms with Gasteiger partial charge in [0, 0.05) is 6.42 Å². The molecule has 0 fully saturated rings. The lowest BCUT2D eigenvalue weighted by Crippen LogP contribution is -2.37. The lowest BCUT2D eigenvalue weighted by molar-refractivity contribution is -0.870. The Kier molecular flexibility index (Phi) is 35.6. The third kappa shape index (κ3) is 41.1. The first-order valence-electron chi connectivity index (χ1n) is 21.1. The minimum atomic E-state index is -4.55. The van der Waals surface area contributed by atoms with Crippen molar-refractivity contribution >= 4 is 13.8 Å². The van der Waals surface area contributed by atoms with Crippen molar-refractivity contribution in [2.75, 3.05) is 47.5 Å². The highest BCUT2D eigenvalue weighted by Crippen LogP contribution is 2.38. The zero-order chi connectivity index (χ0) is 39.1. The smallest absolute Gasteiger partial charge is 0.306 e. The van der Waals surface area contributed by atoms with Crippen molar-refractivity contribution in [2.24, 2.45) is 0 Å². The quantitative estimate of drug-likeness (QED) is 0.0154. The van der Waals surface area contributed by atoms with Gasteiger partial charge in [-0.1, -0.05) is 127 Å². The van der Waals surface area contributed by atoms with Crippen LogP contribution in [0, 0.1) is 0 Å². The Balaban J connectivity index is 4.37. The predicted octanol–water partition coefficient (Wildman–Crippen LogP) is 11.9. The molecule has 53 heavy (non-hydrogen) atoms. The summed E-state index contributed by atoms with van der Waals surface area (Å²) in [5.74, 6) is -0.378. The third-order valence-corrected chi connectivity index (χ3v) is 9.58. The number of phosphoric acid groups is 1. The van der Waals surface area contributed by atoms with Crippen molar-refractivity contribution in [3.05, 3.63) is 60.9 Å². The van der Waals surface area contributed by atoms with E-state index in [2.05, 4.69) is 62.5 Å². The van der Waals surface area contributed by atoms with Crippen LogP contribution in [0.5, 0.6) is 0 Å². The maximum Gasteiger partial charge on any atom is 0.306 e. The third-order valence-electron chi connectivity index (χ3n) is 8.62. The molecule has 0 spiro atoms. The van der Waals surface area contributed by atoms with E-state index in [0.29, 0.717) is 11.0 Å². The molecule has 308 valence electrons.